The standard InChI is InChI=1S/C12H10N2O4/c15-11(10-5-6-18-14-10)13-7-8-1-3-9(4-2-8)12(16)17/h1-6H,7H2,(H,13,15)(H,16,17). The van der Waals surface area contributed by atoms with E-state index in [1.807, 2.05) is 0 Å². The Labute approximate surface area is 102 Å². The Balaban J connectivity index is 1.94. The third-order valence-corrected chi connectivity index (χ3v) is 2.32. The van der Waals surface area contributed by atoms with Crippen LogP contribution in [0.25, 0.3) is 0 Å². The second-order valence-corrected chi connectivity index (χ2v) is 3.57. The van der Waals surface area contributed by atoms with Crippen LogP contribution in [0.1, 0.15) is 26.4 Å². The lowest BCUT2D eigenvalue weighted by atomic mass is 10.1. The van der Waals surface area contributed by atoms with Gasteiger partial charge in [-0.2, -0.15) is 0 Å². The van der Waals surface area contributed by atoms with Crippen molar-refractivity contribution in [2.75, 3.05) is 0 Å². The zero-order valence-corrected chi connectivity index (χ0v) is 9.29. The zero-order valence-electron chi connectivity index (χ0n) is 9.29. The molecule has 0 saturated heterocycles. The number of hydrogen-bond donors (Lipinski definition) is 2. The summed E-state index contributed by atoms with van der Waals surface area (Å²) in [6, 6.07) is 7.72. The summed E-state index contributed by atoms with van der Waals surface area (Å²) >= 11 is 0. The molecule has 0 aliphatic carbocycles. The summed E-state index contributed by atoms with van der Waals surface area (Å²) in [4.78, 5) is 22.2. The Morgan fingerprint density at radius 2 is 1.94 bits per heavy atom. The number of carbonyl (C=O) groups is 2. The first kappa shape index (κ1) is 11.8. The third-order valence-electron chi connectivity index (χ3n) is 2.32. The molecule has 0 unspecified atom stereocenters. The number of carboxylic acid groups (broad SMARTS) is 1. The Hall–Kier alpha value is -2.63. The minimum atomic E-state index is -0.979. The molecule has 2 N–H and O–H groups in total. The number of aromatic nitrogens is 1. The fourth-order valence-electron chi connectivity index (χ4n) is 1.37. The first-order valence-corrected chi connectivity index (χ1v) is 5.17. The molecule has 0 aliphatic heterocycles. The molecule has 0 aliphatic rings. The van der Waals surface area contributed by atoms with Gasteiger partial charge in [0.15, 0.2) is 5.69 Å². The molecule has 1 heterocycles. The molecule has 0 radical (unpaired) electrons. The largest absolute Gasteiger partial charge is 0.478 e. The lowest BCUT2D eigenvalue weighted by Crippen LogP contribution is -2.23. The number of hydrogen-bond acceptors (Lipinski definition) is 4. The van der Waals surface area contributed by atoms with Crippen LogP contribution in [0.3, 0.4) is 0 Å². The van der Waals surface area contributed by atoms with Crippen molar-refractivity contribution < 1.29 is 19.2 Å². The Morgan fingerprint density at radius 3 is 2.50 bits per heavy atom. The Morgan fingerprint density at radius 1 is 1.22 bits per heavy atom. The van der Waals surface area contributed by atoms with Gasteiger partial charge in [0.1, 0.15) is 6.26 Å². The van der Waals surface area contributed by atoms with Gasteiger partial charge in [-0.25, -0.2) is 4.79 Å². The van der Waals surface area contributed by atoms with Crippen molar-refractivity contribution in [1.29, 1.82) is 0 Å². The minimum absolute atomic E-state index is 0.206. The molecule has 1 amide bonds. The van der Waals surface area contributed by atoms with Gasteiger partial charge in [-0.15, -0.1) is 0 Å². The molecule has 2 aromatic rings. The third kappa shape index (κ3) is 2.73. The number of aromatic carboxylic acids is 1. The highest BCUT2D eigenvalue weighted by atomic mass is 16.5. The highest BCUT2D eigenvalue weighted by Gasteiger charge is 2.08. The molecule has 6 heteroatoms. The van der Waals surface area contributed by atoms with Crippen molar-refractivity contribution in [2.24, 2.45) is 0 Å². The first-order valence-electron chi connectivity index (χ1n) is 5.17. The lowest BCUT2D eigenvalue weighted by Gasteiger charge is -2.03. The van der Waals surface area contributed by atoms with E-state index in [0.29, 0.717) is 6.54 Å². The van der Waals surface area contributed by atoms with E-state index in [2.05, 4.69) is 15.0 Å². The van der Waals surface area contributed by atoms with Crippen molar-refractivity contribution in [2.45, 2.75) is 6.54 Å². The van der Waals surface area contributed by atoms with Crippen LogP contribution in [0.5, 0.6) is 0 Å². The van der Waals surface area contributed by atoms with E-state index < -0.39 is 5.97 Å². The van der Waals surface area contributed by atoms with Gasteiger partial charge in [0.25, 0.3) is 5.91 Å². The van der Waals surface area contributed by atoms with Gasteiger partial charge in [0.05, 0.1) is 5.56 Å². The molecule has 0 atom stereocenters. The van der Waals surface area contributed by atoms with Gasteiger partial charge in [-0.3, -0.25) is 4.79 Å². The average molecular weight is 246 g/mol. The smallest absolute Gasteiger partial charge is 0.335 e. The van der Waals surface area contributed by atoms with Crippen molar-refractivity contribution in [3.8, 4) is 0 Å². The summed E-state index contributed by atoms with van der Waals surface area (Å²) in [7, 11) is 0. The summed E-state index contributed by atoms with van der Waals surface area (Å²) < 4.78 is 4.55. The second kappa shape index (κ2) is 5.13. The maximum absolute atomic E-state index is 11.5. The van der Waals surface area contributed by atoms with Crippen LogP contribution in [0.2, 0.25) is 0 Å². The highest BCUT2D eigenvalue weighted by Crippen LogP contribution is 2.04. The molecule has 1 aromatic heterocycles. The number of benzene rings is 1. The highest BCUT2D eigenvalue weighted by molar-refractivity contribution is 5.92. The van der Waals surface area contributed by atoms with E-state index in [9.17, 15) is 9.59 Å². The van der Waals surface area contributed by atoms with E-state index >= 15 is 0 Å². The minimum Gasteiger partial charge on any atom is -0.478 e. The van der Waals surface area contributed by atoms with Crippen LogP contribution < -0.4 is 5.32 Å². The summed E-state index contributed by atoms with van der Waals surface area (Å²) in [6.45, 7) is 0.297. The maximum Gasteiger partial charge on any atom is 0.335 e. The van der Waals surface area contributed by atoms with Crippen LogP contribution in [-0.4, -0.2) is 22.1 Å². The number of carbonyl (C=O) groups excluding carboxylic acids is 1. The normalized spacial score (nSPS) is 10.0. The summed E-state index contributed by atoms with van der Waals surface area (Å²) in [6.07, 6.45) is 1.32. The van der Waals surface area contributed by atoms with Crippen LogP contribution in [-0.2, 0) is 6.54 Å². The van der Waals surface area contributed by atoms with E-state index in [1.54, 1.807) is 12.1 Å². The van der Waals surface area contributed by atoms with E-state index in [-0.39, 0.29) is 17.2 Å². The van der Waals surface area contributed by atoms with Crippen LogP contribution in [0.4, 0.5) is 0 Å². The fourth-order valence-corrected chi connectivity index (χ4v) is 1.37. The zero-order chi connectivity index (χ0) is 13.0. The predicted octanol–water partition coefficient (Wildman–Crippen LogP) is 1.30. The van der Waals surface area contributed by atoms with Crippen LogP contribution >= 0.6 is 0 Å². The Kier molecular flexibility index (Phi) is 3.38. The van der Waals surface area contributed by atoms with E-state index in [0.717, 1.165) is 5.56 Å². The molecular weight excluding hydrogens is 236 g/mol. The van der Waals surface area contributed by atoms with Crippen molar-refractivity contribution in [1.82, 2.24) is 10.5 Å². The quantitative estimate of drug-likeness (QED) is 0.848. The van der Waals surface area contributed by atoms with Gasteiger partial charge in [0, 0.05) is 12.6 Å². The summed E-state index contributed by atoms with van der Waals surface area (Å²) in [5.41, 5.74) is 1.22. The van der Waals surface area contributed by atoms with Gasteiger partial charge in [-0.1, -0.05) is 17.3 Å². The maximum atomic E-state index is 11.5. The molecular formula is C12H10N2O4. The van der Waals surface area contributed by atoms with Crippen molar-refractivity contribution >= 4 is 11.9 Å². The van der Waals surface area contributed by atoms with Crippen molar-refractivity contribution in [3.63, 3.8) is 0 Å². The monoisotopic (exact) mass is 246 g/mol. The topological polar surface area (TPSA) is 92.4 Å². The molecule has 1 aromatic carbocycles. The summed E-state index contributed by atoms with van der Waals surface area (Å²) in [5.74, 6) is -1.32. The van der Waals surface area contributed by atoms with E-state index in [4.69, 9.17) is 5.11 Å². The number of amides is 1. The predicted molar refractivity (Wildman–Crippen MR) is 61.1 cm³/mol. The Bertz CT molecular complexity index is 546. The molecule has 0 spiro atoms. The molecule has 0 saturated carbocycles. The first-order chi connectivity index (χ1) is 8.66. The average Bonchev–Trinajstić information content (AvgIpc) is 2.90. The number of nitrogens with zero attached hydrogens (tertiary/aromatic N) is 1. The molecule has 0 fully saturated rings. The molecule has 18 heavy (non-hydrogen) atoms. The fraction of sp³-hybridized carbons (Fsp3) is 0.0833. The molecule has 92 valence electrons. The van der Waals surface area contributed by atoms with Gasteiger partial charge < -0.3 is 14.9 Å². The van der Waals surface area contributed by atoms with E-state index in [1.165, 1.54) is 24.5 Å². The second-order valence-electron chi connectivity index (χ2n) is 3.57. The summed E-state index contributed by atoms with van der Waals surface area (Å²) in [5, 5.41) is 14.9. The number of rotatable bonds is 4. The molecule has 6 nitrogen and oxygen atoms in total. The van der Waals surface area contributed by atoms with Crippen molar-refractivity contribution in [3.05, 3.63) is 53.4 Å². The molecule has 2 rings (SSSR count). The SMILES string of the molecule is O=C(O)c1ccc(CNC(=O)c2ccon2)cc1. The van der Waals surface area contributed by atoms with Gasteiger partial charge >= 0.3 is 5.97 Å². The number of nitrogens with one attached hydrogen (secondary N) is 1. The van der Waals surface area contributed by atoms with Gasteiger partial charge in [-0.05, 0) is 17.7 Å². The van der Waals surface area contributed by atoms with Crippen LogP contribution in [0.15, 0.2) is 41.1 Å². The lowest BCUT2D eigenvalue weighted by molar-refractivity contribution is 0.0696. The van der Waals surface area contributed by atoms with Gasteiger partial charge in [0.2, 0.25) is 0 Å². The number of carboxylic acids is 1. The molecule has 0 bridgehead atoms. The van der Waals surface area contributed by atoms with Crippen LogP contribution in [0, 0.1) is 0 Å².